The first-order valence-corrected chi connectivity index (χ1v) is 5.92. The highest BCUT2D eigenvalue weighted by Gasteiger charge is 2.26. The first-order valence-electron chi connectivity index (χ1n) is 5.08. The van der Waals surface area contributed by atoms with Crippen molar-refractivity contribution in [1.82, 2.24) is 9.59 Å². The number of ketones is 1. The first-order chi connectivity index (χ1) is 6.77. The highest BCUT2D eigenvalue weighted by molar-refractivity contribution is 7.03. The quantitative estimate of drug-likeness (QED) is 0.704. The van der Waals surface area contributed by atoms with Crippen LogP contribution in [0, 0.1) is 11.8 Å². The standard InChI is InChI=1S/C10H14N2OS/c1-7-3-2-4-8(5-7)10(13)9-6-14-12-11-9/h6-8H,2-5H2,1H3. The largest absolute Gasteiger partial charge is 0.292 e. The molecule has 2 unspecified atom stereocenters. The molecule has 0 spiro atoms. The Morgan fingerprint density at radius 1 is 1.57 bits per heavy atom. The van der Waals surface area contributed by atoms with E-state index in [9.17, 15) is 4.79 Å². The van der Waals surface area contributed by atoms with E-state index in [-0.39, 0.29) is 11.7 Å². The van der Waals surface area contributed by atoms with Crippen molar-refractivity contribution in [2.75, 3.05) is 0 Å². The van der Waals surface area contributed by atoms with Crippen LogP contribution in [0.25, 0.3) is 0 Å². The molecule has 2 atom stereocenters. The number of carbonyl (C=O) groups excluding carboxylic acids is 1. The molecule has 0 aliphatic heterocycles. The number of rotatable bonds is 2. The van der Waals surface area contributed by atoms with Crippen LogP contribution in [-0.4, -0.2) is 15.4 Å². The van der Waals surface area contributed by atoms with E-state index in [0.717, 1.165) is 12.8 Å². The van der Waals surface area contributed by atoms with Crippen LogP contribution in [0.15, 0.2) is 5.38 Å². The van der Waals surface area contributed by atoms with Crippen molar-refractivity contribution < 1.29 is 4.79 Å². The van der Waals surface area contributed by atoms with E-state index in [1.165, 1.54) is 24.4 Å². The molecule has 14 heavy (non-hydrogen) atoms. The minimum Gasteiger partial charge on any atom is -0.292 e. The third-order valence-corrected chi connectivity index (χ3v) is 3.42. The summed E-state index contributed by atoms with van der Waals surface area (Å²) in [6.45, 7) is 2.22. The van der Waals surface area contributed by atoms with Gasteiger partial charge in [0.1, 0.15) is 5.69 Å². The molecule has 1 aliphatic carbocycles. The smallest absolute Gasteiger partial charge is 0.187 e. The molecule has 0 saturated heterocycles. The second-order valence-electron chi connectivity index (χ2n) is 4.12. The van der Waals surface area contributed by atoms with Crippen LogP contribution in [0.2, 0.25) is 0 Å². The average Bonchev–Trinajstić information content (AvgIpc) is 2.69. The minimum atomic E-state index is 0.197. The summed E-state index contributed by atoms with van der Waals surface area (Å²) < 4.78 is 3.73. The average molecular weight is 210 g/mol. The molecule has 0 radical (unpaired) electrons. The van der Waals surface area contributed by atoms with Gasteiger partial charge in [0.15, 0.2) is 5.78 Å². The van der Waals surface area contributed by atoms with Crippen molar-refractivity contribution in [2.24, 2.45) is 11.8 Å². The molecule has 1 aromatic heterocycles. The van der Waals surface area contributed by atoms with Gasteiger partial charge in [-0.25, -0.2) is 0 Å². The van der Waals surface area contributed by atoms with Gasteiger partial charge in [-0.15, -0.1) is 5.10 Å². The molecule has 0 bridgehead atoms. The van der Waals surface area contributed by atoms with E-state index in [0.29, 0.717) is 11.6 Å². The summed E-state index contributed by atoms with van der Waals surface area (Å²) in [5, 5.41) is 5.59. The van der Waals surface area contributed by atoms with Gasteiger partial charge in [0.05, 0.1) is 0 Å². The number of carbonyl (C=O) groups is 1. The molecule has 3 nitrogen and oxygen atoms in total. The van der Waals surface area contributed by atoms with Crippen LogP contribution in [0.4, 0.5) is 0 Å². The third kappa shape index (κ3) is 2.00. The zero-order valence-electron chi connectivity index (χ0n) is 8.27. The number of hydrogen-bond donors (Lipinski definition) is 0. The SMILES string of the molecule is CC1CCCC(C(=O)c2csnn2)C1. The van der Waals surface area contributed by atoms with Gasteiger partial charge in [-0.05, 0) is 30.3 Å². The van der Waals surface area contributed by atoms with Crippen LogP contribution in [-0.2, 0) is 0 Å². The molecule has 0 amide bonds. The van der Waals surface area contributed by atoms with Crippen LogP contribution < -0.4 is 0 Å². The Balaban J connectivity index is 2.04. The Bertz CT molecular complexity index is 310. The molecule has 2 rings (SSSR count). The lowest BCUT2D eigenvalue weighted by molar-refractivity contribution is 0.0863. The van der Waals surface area contributed by atoms with E-state index in [4.69, 9.17) is 0 Å². The normalized spacial score (nSPS) is 27.5. The molecule has 1 heterocycles. The maximum absolute atomic E-state index is 11.9. The van der Waals surface area contributed by atoms with Gasteiger partial charge in [-0.3, -0.25) is 4.79 Å². The van der Waals surface area contributed by atoms with Crippen LogP contribution >= 0.6 is 11.5 Å². The third-order valence-electron chi connectivity index (χ3n) is 2.92. The van der Waals surface area contributed by atoms with E-state index in [1.54, 1.807) is 5.38 Å². The fourth-order valence-corrected chi connectivity index (χ4v) is 2.60. The van der Waals surface area contributed by atoms with Gasteiger partial charge in [0, 0.05) is 11.3 Å². The minimum absolute atomic E-state index is 0.197. The van der Waals surface area contributed by atoms with Crippen LogP contribution in [0.1, 0.15) is 43.1 Å². The topological polar surface area (TPSA) is 42.9 Å². The fourth-order valence-electron chi connectivity index (χ4n) is 2.15. The fraction of sp³-hybridized carbons (Fsp3) is 0.700. The van der Waals surface area contributed by atoms with Gasteiger partial charge in [0.25, 0.3) is 0 Å². The van der Waals surface area contributed by atoms with Gasteiger partial charge in [0.2, 0.25) is 0 Å². The molecule has 0 aromatic carbocycles. The van der Waals surface area contributed by atoms with Crippen molar-refractivity contribution >= 4 is 17.3 Å². The monoisotopic (exact) mass is 210 g/mol. The zero-order valence-corrected chi connectivity index (χ0v) is 9.09. The van der Waals surface area contributed by atoms with E-state index >= 15 is 0 Å². The molecule has 1 saturated carbocycles. The van der Waals surface area contributed by atoms with Crippen molar-refractivity contribution in [1.29, 1.82) is 0 Å². The molecule has 0 N–H and O–H groups in total. The summed E-state index contributed by atoms with van der Waals surface area (Å²) in [5.41, 5.74) is 0.564. The van der Waals surface area contributed by atoms with Gasteiger partial charge >= 0.3 is 0 Å². The lowest BCUT2D eigenvalue weighted by Crippen LogP contribution is -2.22. The van der Waals surface area contributed by atoms with E-state index in [2.05, 4.69) is 16.5 Å². The van der Waals surface area contributed by atoms with Crippen molar-refractivity contribution in [2.45, 2.75) is 32.6 Å². The Morgan fingerprint density at radius 3 is 3.07 bits per heavy atom. The summed E-state index contributed by atoms with van der Waals surface area (Å²) >= 11 is 1.25. The summed E-state index contributed by atoms with van der Waals surface area (Å²) in [6, 6.07) is 0. The Kier molecular flexibility index (Phi) is 2.91. The maximum Gasteiger partial charge on any atom is 0.187 e. The Hall–Kier alpha value is -0.770. The first kappa shape index (κ1) is 9.77. The predicted molar refractivity (Wildman–Crippen MR) is 55.4 cm³/mol. The summed E-state index contributed by atoms with van der Waals surface area (Å²) in [5.74, 6) is 1.08. The van der Waals surface area contributed by atoms with Crippen LogP contribution in [0.3, 0.4) is 0 Å². The number of nitrogens with zero attached hydrogens (tertiary/aromatic N) is 2. The lowest BCUT2D eigenvalue weighted by atomic mass is 9.80. The Labute approximate surface area is 87.7 Å². The predicted octanol–water partition coefficient (Wildman–Crippen LogP) is 2.55. The van der Waals surface area contributed by atoms with Gasteiger partial charge < -0.3 is 0 Å². The number of Topliss-reactive ketones (excluding diaryl/α,β-unsaturated/α-hetero) is 1. The highest BCUT2D eigenvalue weighted by Crippen LogP contribution is 2.30. The molecule has 1 aliphatic rings. The van der Waals surface area contributed by atoms with Gasteiger partial charge in [-0.1, -0.05) is 24.3 Å². The summed E-state index contributed by atoms with van der Waals surface area (Å²) in [7, 11) is 0. The Morgan fingerprint density at radius 2 is 2.43 bits per heavy atom. The van der Waals surface area contributed by atoms with Crippen molar-refractivity contribution in [3.05, 3.63) is 11.1 Å². The zero-order chi connectivity index (χ0) is 9.97. The van der Waals surface area contributed by atoms with Crippen molar-refractivity contribution in [3.63, 3.8) is 0 Å². The molecule has 4 heteroatoms. The maximum atomic E-state index is 11.9. The molecule has 76 valence electrons. The molecule has 1 fully saturated rings. The van der Waals surface area contributed by atoms with E-state index < -0.39 is 0 Å². The summed E-state index contributed by atoms with van der Waals surface area (Å²) in [6.07, 6.45) is 4.49. The second-order valence-corrected chi connectivity index (χ2v) is 4.73. The molecule has 1 aromatic rings. The molecular weight excluding hydrogens is 196 g/mol. The van der Waals surface area contributed by atoms with Crippen molar-refractivity contribution in [3.8, 4) is 0 Å². The second kappa shape index (κ2) is 4.17. The van der Waals surface area contributed by atoms with Crippen LogP contribution in [0.5, 0.6) is 0 Å². The number of hydrogen-bond acceptors (Lipinski definition) is 4. The highest BCUT2D eigenvalue weighted by atomic mass is 32.1. The lowest BCUT2D eigenvalue weighted by Gasteiger charge is -2.24. The molecular formula is C10H14N2OS. The van der Waals surface area contributed by atoms with E-state index in [1.807, 2.05) is 0 Å². The number of aromatic nitrogens is 2. The summed E-state index contributed by atoms with van der Waals surface area (Å²) in [4.78, 5) is 11.9. The van der Waals surface area contributed by atoms with Gasteiger partial charge in [-0.2, -0.15) is 0 Å².